The third-order valence-corrected chi connectivity index (χ3v) is 3.18. The lowest BCUT2D eigenvalue weighted by molar-refractivity contribution is 0.0747. The molecule has 1 aliphatic heterocycles. The van der Waals surface area contributed by atoms with E-state index in [4.69, 9.17) is 0 Å². The van der Waals surface area contributed by atoms with Gasteiger partial charge in [-0.1, -0.05) is 19.1 Å². The lowest BCUT2D eigenvalue weighted by atomic mass is 10.2. The van der Waals surface area contributed by atoms with Crippen LogP contribution in [-0.2, 0) is 0 Å². The van der Waals surface area contributed by atoms with Gasteiger partial charge in [-0.15, -0.1) is 5.10 Å². The van der Waals surface area contributed by atoms with Crippen LogP contribution in [0.25, 0.3) is 5.65 Å². The summed E-state index contributed by atoms with van der Waals surface area (Å²) in [5, 5.41) is 11.2. The molecule has 3 rings (SSSR count). The Balaban J connectivity index is 1.91. The lowest BCUT2D eigenvalue weighted by Gasteiger charge is -2.23. The Bertz CT molecular complexity index is 618. The highest BCUT2D eigenvalue weighted by atomic mass is 16.2. The average Bonchev–Trinajstić information content (AvgIpc) is 3.05. The van der Waals surface area contributed by atoms with Gasteiger partial charge in [-0.3, -0.25) is 4.79 Å². The van der Waals surface area contributed by atoms with Crippen LogP contribution in [-0.4, -0.2) is 43.4 Å². The zero-order chi connectivity index (χ0) is 12.5. The van der Waals surface area contributed by atoms with Crippen LogP contribution in [0.5, 0.6) is 0 Å². The van der Waals surface area contributed by atoms with Crippen molar-refractivity contribution in [2.45, 2.75) is 19.4 Å². The number of rotatable bonds is 2. The first kappa shape index (κ1) is 10.9. The van der Waals surface area contributed by atoms with Crippen LogP contribution in [0.3, 0.4) is 0 Å². The van der Waals surface area contributed by atoms with E-state index in [9.17, 15) is 4.79 Å². The van der Waals surface area contributed by atoms with Crippen LogP contribution in [0.15, 0.2) is 30.5 Å². The molecule has 0 aromatic carbocycles. The zero-order valence-corrected chi connectivity index (χ0v) is 10.0. The highest BCUT2D eigenvalue weighted by molar-refractivity contribution is 5.95. The molecule has 0 aliphatic carbocycles. The van der Waals surface area contributed by atoms with E-state index in [-0.39, 0.29) is 11.9 Å². The maximum Gasteiger partial charge on any atom is 0.254 e. The summed E-state index contributed by atoms with van der Waals surface area (Å²) in [6, 6.07) is 3.66. The minimum absolute atomic E-state index is 0.0253. The third-order valence-electron chi connectivity index (χ3n) is 3.18. The summed E-state index contributed by atoms with van der Waals surface area (Å²) < 4.78 is 1.54. The van der Waals surface area contributed by atoms with Crippen molar-refractivity contribution in [3.05, 3.63) is 36.0 Å². The second-order valence-corrected chi connectivity index (χ2v) is 4.26. The Morgan fingerprint density at radius 1 is 1.56 bits per heavy atom. The predicted molar refractivity (Wildman–Crippen MR) is 65.0 cm³/mol. The fourth-order valence-electron chi connectivity index (χ4n) is 2.20. The molecule has 2 aromatic heterocycles. The van der Waals surface area contributed by atoms with Gasteiger partial charge in [0.15, 0.2) is 5.65 Å². The number of fused-ring (bicyclic) bond motifs is 1. The minimum atomic E-state index is 0.0253. The molecule has 2 aromatic rings. The molecule has 0 saturated heterocycles. The first-order valence-corrected chi connectivity index (χ1v) is 5.95. The fraction of sp³-hybridized carbons (Fsp3) is 0.333. The number of carbonyl (C=O) groups is 1. The van der Waals surface area contributed by atoms with Gasteiger partial charge < -0.3 is 4.90 Å². The molecule has 1 aliphatic rings. The molecule has 0 N–H and O–H groups in total. The van der Waals surface area contributed by atoms with Crippen molar-refractivity contribution < 1.29 is 4.79 Å². The normalized spacial score (nSPS) is 18.7. The van der Waals surface area contributed by atoms with E-state index in [2.05, 4.69) is 28.5 Å². The summed E-state index contributed by atoms with van der Waals surface area (Å²) in [5.74, 6) is 0.0253. The largest absolute Gasteiger partial charge is 0.329 e. The molecule has 1 atom stereocenters. The van der Waals surface area contributed by atoms with Gasteiger partial charge in [0.05, 0.1) is 6.04 Å². The highest BCUT2D eigenvalue weighted by Gasteiger charge is 2.24. The number of hydrogen-bond acceptors (Lipinski definition) is 4. The number of nitrogens with zero attached hydrogens (tertiary/aromatic N) is 5. The van der Waals surface area contributed by atoms with E-state index in [0.717, 1.165) is 6.42 Å². The maximum atomic E-state index is 12.4. The Hall–Kier alpha value is -2.24. The molecule has 1 unspecified atom stereocenters. The summed E-state index contributed by atoms with van der Waals surface area (Å²) >= 11 is 0. The van der Waals surface area contributed by atoms with Crippen LogP contribution in [0.4, 0.5) is 0 Å². The van der Waals surface area contributed by atoms with Gasteiger partial charge in [0.1, 0.15) is 0 Å². The predicted octanol–water partition coefficient (Wildman–Crippen LogP) is 0.915. The van der Waals surface area contributed by atoms with E-state index < -0.39 is 0 Å². The van der Waals surface area contributed by atoms with Crippen LogP contribution in [0, 0.1) is 0 Å². The van der Waals surface area contributed by atoms with Gasteiger partial charge in [0.2, 0.25) is 0 Å². The Labute approximate surface area is 104 Å². The Morgan fingerprint density at radius 2 is 2.44 bits per heavy atom. The molecular formula is C12H13N5O. The molecule has 0 bridgehead atoms. The summed E-state index contributed by atoms with van der Waals surface area (Å²) in [4.78, 5) is 14.2. The van der Waals surface area contributed by atoms with E-state index in [1.165, 1.54) is 4.52 Å². The lowest BCUT2D eigenvalue weighted by Crippen LogP contribution is -2.35. The number of aromatic nitrogens is 4. The quantitative estimate of drug-likeness (QED) is 0.736. The van der Waals surface area contributed by atoms with Gasteiger partial charge in [-0.2, -0.15) is 0 Å². The number of pyridine rings is 1. The topological polar surface area (TPSA) is 63.4 Å². The second kappa shape index (κ2) is 4.21. The molecule has 18 heavy (non-hydrogen) atoms. The SMILES string of the molecule is CCC1C=CCN1C(=O)c1ccn2nnnc2c1. The standard InChI is InChI=1S/C12H13N5O/c1-2-10-4-3-6-16(10)12(18)9-5-7-17-11(8-9)13-14-15-17/h3-5,7-8,10H,2,6H2,1H3. The van der Waals surface area contributed by atoms with Gasteiger partial charge >= 0.3 is 0 Å². The van der Waals surface area contributed by atoms with Crippen molar-refractivity contribution >= 4 is 11.6 Å². The smallest absolute Gasteiger partial charge is 0.254 e. The first-order chi connectivity index (χ1) is 8.79. The Morgan fingerprint density at radius 3 is 3.28 bits per heavy atom. The van der Waals surface area contributed by atoms with Crippen molar-refractivity contribution in [3.63, 3.8) is 0 Å². The summed E-state index contributed by atoms with van der Waals surface area (Å²) in [6.07, 6.45) is 6.74. The molecule has 0 radical (unpaired) electrons. The number of amides is 1. The van der Waals surface area contributed by atoms with Crippen molar-refractivity contribution in [2.24, 2.45) is 0 Å². The molecular weight excluding hydrogens is 230 g/mol. The van der Waals surface area contributed by atoms with Crippen LogP contribution in [0.2, 0.25) is 0 Å². The molecule has 6 nitrogen and oxygen atoms in total. The molecule has 3 heterocycles. The summed E-state index contributed by atoms with van der Waals surface area (Å²) in [6.45, 7) is 2.75. The molecule has 0 spiro atoms. The van der Waals surface area contributed by atoms with E-state index in [1.807, 2.05) is 11.0 Å². The van der Waals surface area contributed by atoms with Gasteiger partial charge in [0.25, 0.3) is 5.91 Å². The highest BCUT2D eigenvalue weighted by Crippen LogP contribution is 2.17. The van der Waals surface area contributed by atoms with Crippen LogP contribution in [0.1, 0.15) is 23.7 Å². The van der Waals surface area contributed by atoms with Gasteiger partial charge in [-0.05, 0) is 29.0 Å². The van der Waals surface area contributed by atoms with Crippen molar-refractivity contribution in [3.8, 4) is 0 Å². The maximum absolute atomic E-state index is 12.4. The summed E-state index contributed by atoms with van der Waals surface area (Å²) in [5.41, 5.74) is 1.21. The second-order valence-electron chi connectivity index (χ2n) is 4.26. The van der Waals surface area contributed by atoms with Gasteiger partial charge in [0, 0.05) is 18.3 Å². The average molecular weight is 243 g/mol. The number of carbonyl (C=O) groups excluding carboxylic acids is 1. The van der Waals surface area contributed by atoms with Gasteiger partial charge in [-0.25, -0.2) is 4.52 Å². The molecule has 92 valence electrons. The molecule has 0 fully saturated rings. The van der Waals surface area contributed by atoms with Crippen molar-refractivity contribution in [1.29, 1.82) is 0 Å². The molecule has 6 heteroatoms. The van der Waals surface area contributed by atoms with Crippen molar-refractivity contribution in [1.82, 2.24) is 24.9 Å². The molecule has 0 saturated carbocycles. The van der Waals surface area contributed by atoms with Crippen LogP contribution >= 0.6 is 0 Å². The van der Waals surface area contributed by atoms with E-state index in [1.54, 1.807) is 18.3 Å². The number of hydrogen-bond donors (Lipinski definition) is 0. The van der Waals surface area contributed by atoms with Crippen molar-refractivity contribution in [2.75, 3.05) is 6.54 Å². The Kier molecular flexibility index (Phi) is 2.55. The molecule has 1 amide bonds. The van der Waals surface area contributed by atoms with E-state index in [0.29, 0.717) is 17.8 Å². The minimum Gasteiger partial charge on any atom is -0.329 e. The summed E-state index contributed by atoms with van der Waals surface area (Å²) in [7, 11) is 0. The monoisotopic (exact) mass is 243 g/mol. The fourth-order valence-corrected chi connectivity index (χ4v) is 2.20. The van der Waals surface area contributed by atoms with E-state index >= 15 is 0 Å². The first-order valence-electron chi connectivity index (χ1n) is 5.95. The third kappa shape index (κ3) is 1.66. The number of tetrazole rings is 1. The van der Waals surface area contributed by atoms with Crippen LogP contribution < -0.4 is 0 Å². The zero-order valence-electron chi connectivity index (χ0n) is 10.0.